The topological polar surface area (TPSA) is 141 Å². The average molecular weight is 381 g/mol. The van der Waals surface area contributed by atoms with Crippen molar-refractivity contribution in [2.75, 3.05) is 6.54 Å². The Bertz CT molecular complexity index is 615. The number of hydrogen-bond acceptors (Lipinski definition) is 5. The van der Waals surface area contributed by atoms with Crippen molar-refractivity contribution in [1.29, 1.82) is 0 Å². The summed E-state index contributed by atoms with van der Waals surface area (Å²) >= 11 is 0. The van der Waals surface area contributed by atoms with E-state index in [1.165, 1.54) is 0 Å². The van der Waals surface area contributed by atoms with Crippen LogP contribution in [0.2, 0.25) is 0 Å². The van der Waals surface area contributed by atoms with Crippen LogP contribution in [0.3, 0.4) is 0 Å². The minimum Gasteiger partial charge on any atom is -0.480 e. The van der Waals surface area contributed by atoms with Crippen LogP contribution in [0.4, 0.5) is 0 Å². The second-order valence-corrected chi connectivity index (χ2v) is 5.34. The summed E-state index contributed by atoms with van der Waals surface area (Å²) in [5, 5.41) is 28.0. The molecule has 8 nitrogen and oxygen atoms in total. The van der Waals surface area contributed by atoms with Gasteiger partial charge in [0.1, 0.15) is 17.6 Å². The highest BCUT2D eigenvalue weighted by Gasteiger charge is 2.53. The molecule has 0 aromatic heterocycles. The summed E-state index contributed by atoms with van der Waals surface area (Å²) in [4.78, 5) is 35.4. The summed E-state index contributed by atoms with van der Waals surface area (Å²) in [7, 11) is 0. The van der Waals surface area contributed by atoms with Crippen molar-refractivity contribution in [3.8, 4) is 0 Å². The quantitative estimate of drug-likeness (QED) is 0.581. The number of carbonyl (C=O) groups is 3. The Labute approximate surface area is 150 Å². The number of benzene rings is 1. The van der Waals surface area contributed by atoms with Crippen LogP contribution in [0.5, 0.6) is 0 Å². The van der Waals surface area contributed by atoms with Crippen molar-refractivity contribution in [2.45, 2.75) is 24.0 Å². The Morgan fingerprint density at radius 3 is 2.08 bits per heavy atom. The van der Waals surface area contributed by atoms with E-state index in [-0.39, 0.29) is 37.8 Å². The molecule has 2 rings (SSSR count). The van der Waals surface area contributed by atoms with Gasteiger partial charge in [-0.25, -0.2) is 0 Å². The van der Waals surface area contributed by atoms with E-state index in [4.69, 9.17) is 5.73 Å². The molecule has 0 bridgehead atoms. The van der Waals surface area contributed by atoms with Crippen LogP contribution < -0.4 is 5.73 Å². The second kappa shape index (κ2) is 8.29. The van der Waals surface area contributed by atoms with Crippen LogP contribution in [0.25, 0.3) is 0 Å². The van der Waals surface area contributed by atoms with Crippen molar-refractivity contribution in [2.24, 2.45) is 5.73 Å². The van der Waals surface area contributed by atoms with Crippen molar-refractivity contribution in [3.63, 3.8) is 0 Å². The van der Waals surface area contributed by atoms with Crippen LogP contribution in [-0.4, -0.2) is 56.3 Å². The van der Waals surface area contributed by atoms with Crippen molar-refractivity contribution >= 4 is 42.7 Å². The molecule has 0 radical (unpaired) electrons. The monoisotopic (exact) mass is 380 g/mol. The molecule has 10 heteroatoms. The molecule has 5 N–H and O–H groups in total. The summed E-state index contributed by atoms with van der Waals surface area (Å²) in [6, 6.07) is 5.51. The van der Waals surface area contributed by atoms with Crippen molar-refractivity contribution in [1.82, 2.24) is 4.90 Å². The van der Waals surface area contributed by atoms with Crippen LogP contribution in [0.15, 0.2) is 30.3 Å². The van der Waals surface area contributed by atoms with Gasteiger partial charge in [0, 0.05) is 13.0 Å². The molecule has 1 aliphatic rings. The van der Waals surface area contributed by atoms with Gasteiger partial charge in [-0.3, -0.25) is 19.3 Å². The molecule has 3 atom stereocenters. The van der Waals surface area contributed by atoms with E-state index in [9.17, 15) is 29.7 Å². The third-order valence-corrected chi connectivity index (χ3v) is 3.81. The van der Waals surface area contributed by atoms with Gasteiger partial charge < -0.3 is 21.1 Å². The molecule has 0 saturated carbocycles. The lowest BCUT2D eigenvalue weighted by atomic mass is 9.98. The van der Waals surface area contributed by atoms with Crippen LogP contribution in [0, 0.1) is 0 Å². The molecular formula is C14H18Cl2N2O6. The molecule has 0 amide bonds. The third kappa shape index (κ3) is 4.15. The number of carboxylic acids is 3. The molecule has 1 aliphatic heterocycles. The van der Waals surface area contributed by atoms with Gasteiger partial charge in [0.2, 0.25) is 0 Å². The maximum Gasteiger partial charge on any atom is 0.325 e. The summed E-state index contributed by atoms with van der Waals surface area (Å²) in [6.45, 7) is -0.356. The van der Waals surface area contributed by atoms with E-state index in [1.807, 2.05) is 0 Å². The Hall–Kier alpha value is -1.87. The summed E-state index contributed by atoms with van der Waals surface area (Å²) in [6.07, 6.45) is -0.353. The molecule has 1 aromatic carbocycles. The molecule has 1 aromatic rings. The SMILES string of the molecule is Cl.Cl.N[C@]1(C(=O)O)C[C@H](C(=O)O)N(C(C(=O)O)c2ccccc2)C1. The molecule has 0 aliphatic carbocycles. The van der Waals surface area contributed by atoms with Gasteiger partial charge in [0.15, 0.2) is 0 Å². The largest absolute Gasteiger partial charge is 0.480 e. The zero-order valence-corrected chi connectivity index (χ0v) is 14.0. The van der Waals surface area contributed by atoms with Gasteiger partial charge in [-0.2, -0.15) is 0 Å². The Balaban J connectivity index is 0.00000264. The van der Waals surface area contributed by atoms with Crippen LogP contribution in [0.1, 0.15) is 18.0 Å². The van der Waals surface area contributed by atoms with E-state index in [0.29, 0.717) is 5.56 Å². The first-order chi connectivity index (χ1) is 10.3. The molecule has 1 fully saturated rings. The third-order valence-electron chi connectivity index (χ3n) is 3.81. The minimum absolute atomic E-state index is 0. The first kappa shape index (κ1) is 22.1. The zero-order valence-electron chi connectivity index (χ0n) is 12.4. The van der Waals surface area contributed by atoms with E-state index >= 15 is 0 Å². The van der Waals surface area contributed by atoms with Gasteiger partial charge in [-0.1, -0.05) is 30.3 Å². The van der Waals surface area contributed by atoms with Gasteiger partial charge in [-0.05, 0) is 5.56 Å². The van der Waals surface area contributed by atoms with Crippen LogP contribution in [-0.2, 0) is 14.4 Å². The number of nitrogens with two attached hydrogens (primary N) is 1. The van der Waals surface area contributed by atoms with Crippen molar-refractivity contribution < 1.29 is 29.7 Å². The van der Waals surface area contributed by atoms with E-state index in [0.717, 1.165) is 4.90 Å². The molecule has 0 spiro atoms. The lowest BCUT2D eigenvalue weighted by Crippen LogP contribution is -2.50. The lowest BCUT2D eigenvalue weighted by Gasteiger charge is -2.28. The smallest absolute Gasteiger partial charge is 0.325 e. The molecule has 134 valence electrons. The van der Waals surface area contributed by atoms with Crippen LogP contribution >= 0.6 is 24.8 Å². The fourth-order valence-corrected chi connectivity index (χ4v) is 2.73. The molecule has 1 saturated heterocycles. The number of carboxylic acid groups (broad SMARTS) is 3. The number of nitrogens with zero attached hydrogens (tertiary/aromatic N) is 1. The predicted octanol–water partition coefficient (Wildman–Crippen LogP) is 0.597. The van der Waals surface area contributed by atoms with Gasteiger partial charge in [-0.15, -0.1) is 24.8 Å². The number of rotatable bonds is 5. The van der Waals surface area contributed by atoms with E-state index in [1.54, 1.807) is 30.3 Å². The fraction of sp³-hybridized carbons (Fsp3) is 0.357. The van der Waals surface area contributed by atoms with Crippen molar-refractivity contribution in [3.05, 3.63) is 35.9 Å². The van der Waals surface area contributed by atoms with Gasteiger partial charge in [0.25, 0.3) is 0 Å². The lowest BCUT2D eigenvalue weighted by molar-refractivity contribution is -0.149. The number of hydrogen-bond donors (Lipinski definition) is 4. The number of likely N-dealkylation sites (tertiary alicyclic amines) is 1. The number of halogens is 2. The molecule has 24 heavy (non-hydrogen) atoms. The molecule has 1 heterocycles. The zero-order chi connectivity index (χ0) is 16.5. The Morgan fingerprint density at radius 1 is 1.12 bits per heavy atom. The maximum atomic E-state index is 11.6. The first-order valence-corrected chi connectivity index (χ1v) is 6.55. The minimum atomic E-state index is -1.79. The maximum absolute atomic E-state index is 11.6. The summed E-state index contributed by atoms with van der Waals surface area (Å²) < 4.78 is 0. The highest BCUT2D eigenvalue weighted by Crippen LogP contribution is 2.34. The van der Waals surface area contributed by atoms with E-state index in [2.05, 4.69) is 0 Å². The Kier molecular flexibility index (Phi) is 7.65. The Morgan fingerprint density at radius 2 is 1.67 bits per heavy atom. The summed E-state index contributed by atoms with van der Waals surface area (Å²) in [5.74, 6) is -3.90. The van der Waals surface area contributed by atoms with E-state index < -0.39 is 35.5 Å². The normalized spacial score (nSPS) is 24.3. The fourth-order valence-electron chi connectivity index (χ4n) is 2.73. The highest BCUT2D eigenvalue weighted by atomic mass is 35.5. The highest BCUT2D eigenvalue weighted by molar-refractivity contribution is 5.86. The molecular weight excluding hydrogens is 363 g/mol. The number of aliphatic carboxylic acids is 3. The van der Waals surface area contributed by atoms with Gasteiger partial charge >= 0.3 is 17.9 Å². The molecule has 1 unspecified atom stereocenters. The first-order valence-electron chi connectivity index (χ1n) is 6.55. The summed E-state index contributed by atoms with van der Waals surface area (Å²) in [5.41, 5.74) is 4.32. The average Bonchev–Trinajstić information content (AvgIpc) is 2.79. The second-order valence-electron chi connectivity index (χ2n) is 5.34. The van der Waals surface area contributed by atoms with Gasteiger partial charge in [0.05, 0.1) is 0 Å². The predicted molar refractivity (Wildman–Crippen MR) is 88.6 cm³/mol. The standard InChI is InChI=1S/C14H16N2O6.2ClH/c15-14(13(21)22)6-9(11(17)18)16(7-14)10(12(19)20)8-4-2-1-3-5-8;;/h1-5,9-10H,6-7,15H2,(H,17,18)(H,19,20)(H,21,22);2*1H/t9-,10?,14-;;/m1../s1.